The van der Waals surface area contributed by atoms with Crippen molar-refractivity contribution in [2.24, 2.45) is 0 Å². The number of carboxylic acids is 1. The van der Waals surface area contributed by atoms with Crippen LogP contribution in [0.2, 0.25) is 0 Å². The predicted molar refractivity (Wildman–Crippen MR) is 105 cm³/mol. The molecule has 0 amide bonds. The largest absolute Gasteiger partial charge is 0.479 e. The Balaban J connectivity index is 1.82. The van der Waals surface area contributed by atoms with E-state index in [1.807, 2.05) is 30.3 Å². The number of fused-ring (bicyclic) bond motifs is 1. The summed E-state index contributed by atoms with van der Waals surface area (Å²) >= 11 is 0. The lowest BCUT2D eigenvalue weighted by Gasteiger charge is -2.15. The topological polar surface area (TPSA) is 103 Å². The average molecular weight is 396 g/mol. The molecule has 2 aromatic carbocycles. The van der Waals surface area contributed by atoms with Crippen molar-refractivity contribution in [1.82, 2.24) is 0 Å². The van der Waals surface area contributed by atoms with Crippen molar-refractivity contribution < 1.29 is 28.6 Å². The van der Waals surface area contributed by atoms with Gasteiger partial charge in [-0.3, -0.25) is 4.79 Å². The van der Waals surface area contributed by atoms with Gasteiger partial charge in [0.15, 0.2) is 6.10 Å². The zero-order chi connectivity index (χ0) is 20.8. The summed E-state index contributed by atoms with van der Waals surface area (Å²) in [7, 11) is 1.27. The second-order valence-electron chi connectivity index (χ2n) is 6.47. The number of aliphatic carboxylic acids is 1. The first-order chi connectivity index (χ1) is 14.0. The molecule has 1 N–H and O–H groups in total. The van der Waals surface area contributed by atoms with E-state index in [9.17, 15) is 19.5 Å². The number of rotatable bonds is 8. The number of benzene rings is 2. The summed E-state index contributed by atoms with van der Waals surface area (Å²) in [5, 5.41) is 10.0. The highest BCUT2D eigenvalue weighted by Crippen LogP contribution is 2.24. The summed E-state index contributed by atoms with van der Waals surface area (Å²) in [4.78, 5) is 35.0. The molecule has 0 aliphatic rings. The summed E-state index contributed by atoms with van der Waals surface area (Å²) in [6.07, 6.45) is -0.307. The maximum atomic E-state index is 11.8. The number of hydrogen-bond acceptors (Lipinski definition) is 6. The van der Waals surface area contributed by atoms with Crippen LogP contribution < -0.4 is 10.4 Å². The number of carbonyl (C=O) groups is 2. The summed E-state index contributed by atoms with van der Waals surface area (Å²) in [5.74, 6) is -1.30. The van der Waals surface area contributed by atoms with Crippen LogP contribution in [0.15, 0.2) is 63.8 Å². The third-order valence-electron chi connectivity index (χ3n) is 4.46. The van der Waals surface area contributed by atoms with Crippen molar-refractivity contribution in [2.75, 3.05) is 7.11 Å². The highest BCUT2D eigenvalue weighted by atomic mass is 16.5. The van der Waals surface area contributed by atoms with Gasteiger partial charge in [0.2, 0.25) is 0 Å². The Kier molecular flexibility index (Phi) is 6.29. The fraction of sp³-hybridized carbons (Fsp3) is 0.227. The molecule has 7 nitrogen and oxygen atoms in total. The van der Waals surface area contributed by atoms with Gasteiger partial charge in [0.05, 0.1) is 13.5 Å². The van der Waals surface area contributed by atoms with E-state index in [4.69, 9.17) is 9.15 Å². The van der Waals surface area contributed by atoms with Gasteiger partial charge >= 0.3 is 17.6 Å². The highest BCUT2D eigenvalue weighted by molar-refractivity contribution is 5.86. The molecule has 150 valence electrons. The van der Waals surface area contributed by atoms with Crippen molar-refractivity contribution in [3.63, 3.8) is 0 Å². The van der Waals surface area contributed by atoms with E-state index in [1.54, 1.807) is 12.1 Å². The third kappa shape index (κ3) is 5.22. The molecule has 0 saturated heterocycles. The van der Waals surface area contributed by atoms with Crippen LogP contribution >= 0.6 is 0 Å². The molecule has 3 aromatic rings. The number of esters is 1. The lowest BCUT2D eigenvalue weighted by molar-refractivity contribution is -0.145. The van der Waals surface area contributed by atoms with Crippen molar-refractivity contribution in [1.29, 1.82) is 0 Å². The predicted octanol–water partition coefficient (Wildman–Crippen LogP) is 2.97. The maximum absolute atomic E-state index is 11.8. The summed E-state index contributed by atoms with van der Waals surface area (Å²) in [6.45, 7) is 0. The van der Waals surface area contributed by atoms with E-state index in [2.05, 4.69) is 4.74 Å². The molecule has 3 rings (SSSR count). The Morgan fingerprint density at radius 1 is 1.10 bits per heavy atom. The molecule has 0 radical (unpaired) electrons. The molecule has 7 heteroatoms. The monoisotopic (exact) mass is 396 g/mol. The molecule has 1 aromatic heterocycles. The minimum absolute atomic E-state index is 0.0758. The lowest BCUT2D eigenvalue weighted by atomic mass is 10.1. The van der Waals surface area contributed by atoms with E-state index < -0.39 is 23.7 Å². The smallest absolute Gasteiger partial charge is 0.344 e. The molecule has 0 spiro atoms. The van der Waals surface area contributed by atoms with Gasteiger partial charge in [-0.05, 0) is 36.1 Å². The third-order valence-corrected chi connectivity index (χ3v) is 4.46. The standard InChI is InChI=1S/C22H20O7/c1-27-20(23)11-15-12-21(24)29-19-13-16(8-9-17(15)19)28-18(22(25)26)10-7-14-5-3-2-4-6-14/h2-6,8-9,12-13,18H,7,10-11H2,1H3,(H,25,26). The van der Waals surface area contributed by atoms with Gasteiger partial charge in [0, 0.05) is 17.5 Å². The van der Waals surface area contributed by atoms with Crippen molar-refractivity contribution in [3.8, 4) is 5.75 Å². The van der Waals surface area contributed by atoms with Crippen LogP contribution in [0.1, 0.15) is 17.5 Å². The molecule has 0 saturated carbocycles. The van der Waals surface area contributed by atoms with Crippen LogP contribution in [0.4, 0.5) is 0 Å². The fourth-order valence-electron chi connectivity index (χ4n) is 3.00. The van der Waals surface area contributed by atoms with Gasteiger partial charge < -0.3 is 19.0 Å². The molecule has 29 heavy (non-hydrogen) atoms. The quantitative estimate of drug-likeness (QED) is 0.461. The Hall–Kier alpha value is -3.61. The molecule has 1 unspecified atom stereocenters. The zero-order valence-corrected chi connectivity index (χ0v) is 15.8. The van der Waals surface area contributed by atoms with Gasteiger partial charge in [-0.15, -0.1) is 0 Å². The molecular weight excluding hydrogens is 376 g/mol. The number of hydrogen-bond donors (Lipinski definition) is 1. The van der Waals surface area contributed by atoms with Gasteiger partial charge in [-0.1, -0.05) is 30.3 Å². The van der Waals surface area contributed by atoms with Gasteiger partial charge in [-0.2, -0.15) is 0 Å². The van der Waals surface area contributed by atoms with Gasteiger partial charge in [0.25, 0.3) is 0 Å². The van der Waals surface area contributed by atoms with E-state index in [1.165, 1.54) is 19.2 Å². The van der Waals surface area contributed by atoms with Crippen molar-refractivity contribution in [2.45, 2.75) is 25.4 Å². The highest BCUT2D eigenvalue weighted by Gasteiger charge is 2.20. The Labute approximate surface area is 166 Å². The van der Waals surface area contributed by atoms with Gasteiger partial charge in [-0.25, -0.2) is 9.59 Å². The molecule has 0 aliphatic heterocycles. The first-order valence-corrected chi connectivity index (χ1v) is 9.03. The van der Waals surface area contributed by atoms with Crippen LogP contribution in [0.25, 0.3) is 11.0 Å². The normalized spacial score (nSPS) is 11.8. The van der Waals surface area contributed by atoms with Gasteiger partial charge in [0.1, 0.15) is 11.3 Å². The number of aryl methyl sites for hydroxylation is 1. The zero-order valence-electron chi connectivity index (χ0n) is 15.8. The number of methoxy groups -OCH3 is 1. The SMILES string of the molecule is COC(=O)Cc1cc(=O)oc2cc(OC(CCc3ccccc3)C(=O)O)ccc12. The second kappa shape index (κ2) is 9.05. The van der Waals surface area contributed by atoms with Crippen LogP contribution in [0.5, 0.6) is 5.75 Å². The van der Waals surface area contributed by atoms with Crippen LogP contribution in [-0.4, -0.2) is 30.3 Å². The minimum Gasteiger partial charge on any atom is -0.479 e. The minimum atomic E-state index is -1.08. The molecule has 0 bridgehead atoms. The number of carboxylic acid groups (broad SMARTS) is 1. The molecular formula is C22H20O7. The van der Waals surface area contributed by atoms with Crippen LogP contribution in [0.3, 0.4) is 0 Å². The van der Waals surface area contributed by atoms with E-state index in [0.717, 1.165) is 5.56 Å². The maximum Gasteiger partial charge on any atom is 0.344 e. The first-order valence-electron chi connectivity index (χ1n) is 9.03. The van der Waals surface area contributed by atoms with E-state index in [0.29, 0.717) is 17.4 Å². The van der Waals surface area contributed by atoms with Crippen molar-refractivity contribution in [3.05, 3.63) is 76.1 Å². The van der Waals surface area contributed by atoms with E-state index >= 15 is 0 Å². The summed E-state index contributed by atoms with van der Waals surface area (Å²) in [5.41, 5.74) is 1.07. The molecule has 1 atom stereocenters. The van der Waals surface area contributed by atoms with Crippen LogP contribution in [0, 0.1) is 0 Å². The second-order valence-corrected chi connectivity index (χ2v) is 6.47. The first kappa shape index (κ1) is 20.1. The number of carbonyl (C=O) groups excluding carboxylic acids is 1. The lowest BCUT2D eigenvalue weighted by Crippen LogP contribution is -2.27. The summed E-state index contributed by atoms with van der Waals surface area (Å²) in [6, 6.07) is 15.4. The Morgan fingerprint density at radius 2 is 1.86 bits per heavy atom. The Morgan fingerprint density at radius 3 is 2.55 bits per heavy atom. The van der Waals surface area contributed by atoms with Crippen LogP contribution in [-0.2, 0) is 27.2 Å². The molecule has 0 fully saturated rings. The molecule has 1 heterocycles. The summed E-state index contributed by atoms with van der Waals surface area (Å²) < 4.78 is 15.5. The fourth-order valence-corrected chi connectivity index (χ4v) is 3.00. The molecule has 0 aliphatic carbocycles. The van der Waals surface area contributed by atoms with E-state index in [-0.39, 0.29) is 24.2 Å². The van der Waals surface area contributed by atoms with Crippen molar-refractivity contribution >= 4 is 22.9 Å². The number of ether oxygens (including phenoxy) is 2. The Bertz CT molecular complexity index is 1070. The average Bonchev–Trinajstić information content (AvgIpc) is 2.71.